The number of hydrogen-bond acceptors (Lipinski definition) is 3. The maximum Gasteiger partial charge on any atom is 0.255 e. The number of hydrogen-bond donors (Lipinski definition) is 2. The Morgan fingerprint density at radius 3 is 2.84 bits per heavy atom. The van der Waals surface area contributed by atoms with Crippen molar-refractivity contribution in [1.29, 1.82) is 0 Å². The summed E-state index contributed by atoms with van der Waals surface area (Å²) in [6.07, 6.45) is -0.424. The van der Waals surface area contributed by atoms with E-state index < -0.39 is 13.0 Å². The number of rotatable bonds is 7. The molecule has 2 N–H and O–H groups in total. The lowest BCUT2D eigenvalue weighted by Gasteiger charge is -2.12. The van der Waals surface area contributed by atoms with Crippen LogP contribution < -0.4 is 10.6 Å². The first-order valence-corrected chi connectivity index (χ1v) is 6.14. The molecule has 1 aliphatic heterocycles. The highest BCUT2D eigenvalue weighted by atomic mass is 127. The Hall–Kier alpha value is -0.220. The third-order valence-electron chi connectivity index (χ3n) is 2.50. The second kappa shape index (κ2) is 11.6. The van der Waals surface area contributed by atoms with Gasteiger partial charge in [-0.15, -0.1) is 24.0 Å². The maximum absolute atomic E-state index is 12.0. The molecule has 1 fully saturated rings. The molecule has 0 aliphatic carbocycles. The topological polar surface area (TPSA) is 54.9 Å². The zero-order chi connectivity index (χ0) is 13.2. The average Bonchev–Trinajstić information content (AvgIpc) is 2.85. The van der Waals surface area contributed by atoms with Gasteiger partial charge < -0.3 is 20.1 Å². The van der Waals surface area contributed by atoms with Crippen molar-refractivity contribution in [2.24, 2.45) is 4.99 Å². The Labute approximate surface area is 129 Å². The summed E-state index contributed by atoms with van der Waals surface area (Å²) in [5.41, 5.74) is 0. The van der Waals surface area contributed by atoms with E-state index in [1.807, 2.05) is 0 Å². The Kier molecular flexibility index (Phi) is 11.5. The summed E-state index contributed by atoms with van der Waals surface area (Å²) in [6.45, 7) is 2.32. The molecule has 0 aromatic carbocycles. The molecule has 0 radical (unpaired) electrons. The molecule has 19 heavy (non-hydrogen) atoms. The number of guanidine groups is 1. The van der Waals surface area contributed by atoms with Crippen LogP contribution >= 0.6 is 24.0 Å². The number of ether oxygens (including phenoxy) is 2. The van der Waals surface area contributed by atoms with Gasteiger partial charge in [-0.2, -0.15) is 0 Å². The zero-order valence-electron chi connectivity index (χ0n) is 11.0. The van der Waals surface area contributed by atoms with E-state index in [0.29, 0.717) is 25.7 Å². The molecule has 114 valence electrons. The summed E-state index contributed by atoms with van der Waals surface area (Å²) in [7, 11) is 1.55. The van der Waals surface area contributed by atoms with Crippen LogP contribution in [-0.2, 0) is 9.47 Å². The Morgan fingerprint density at radius 2 is 2.26 bits per heavy atom. The van der Waals surface area contributed by atoms with Gasteiger partial charge in [0.15, 0.2) is 5.96 Å². The van der Waals surface area contributed by atoms with E-state index >= 15 is 0 Å². The average molecular weight is 393 g/mol. The van der Waals surface area contributed by atoms with E-state index in [4.69, 9.17) is 9.47 Å². The zero-order valence-corrected chi connectivity index (χ0v) is 13.4. The first-order valence-electron chi connectivity index (χ1n) is 6.14. The maximum atomic E-state index is 12.0. The molecule has 8 heteroatoms. The molecule has 1 saturated heterocycles. The van der Waals surface area contributed by atoms with Gasteiger partial charge in [-0.1, -0.05) is 0 Å². The van der Waals surface area contributed by atoms with E-state index in [0.717, 1.165) is 19.4 Å². The largest absolute Gasteiger partial charge is 0.379 e. The molecule has 0 aromatic rings. The second-order valence-corrected chi connectivity index (χ2v) is 3.98. The van der Waals surface area contributed by atoms with Crippen molar-refractivity contribution in [2.75, 3.05) is 40.0 Å². The molecule has 1 aliphatic rings. The Morgan fingerprint density at radius 1 is 1.47 bits per heavy atom. The van der Waals surface area contributed by atoms with E-state index in [1.165, 1.54) is 0 Å². The van der Waals surface area contributed by atoms with Gasteiger partial charge in [0.1, 0.15) is 0 Å². The predicted molar refractivity (Wildman–Crippen MR) is 80.6 cm³/mol. The van der Waals surface area contributed by atoms with Gasteiger partial charge in [-0.05, 0) is 12.8 Å². The lowest BCUT2D eigenvalue weighted by atomic mass is 10.3. The van der Waals surface area contributed by atoms with E-state index in [1.54, 1.807) is 7.05 Å². The van der Waals surface area contributed by atoms with Crippen LogP contribution in [0.3, 0.4) is 0 Å². The molecule has 0 amide bonds. The molecular weight excluding hydrogens is 371 g/mol. The van der Waals surface area contributed by atoms with Crippen molar-refractivity contribution in [3.63, 3.8) is 0 Å². The van der Waals surface area contributed by atoms with Crippen molar-refractivity contribution in [3.8, 4) is 0 Å². The van der Waals surface area contributed by atoms with Crippen LogP contribution in [0, 0.1) is 0 Å². The van der Waals surface area contributed by atoms with Gasteiger partial charge in [-0.25, -0.2) is 8.78 Å². The highest BCUT2D eigenvalue weighted by Crippen LogP contribution is 2.07. The van der Waals surface area contributed by atoms with Crippen molar-refractivity contribution in [2.45, 2.75) is 25.4 Å². The molecule has 0 spiro atoms. The summed E-state index contributed by atoms with van der Waals surface area (Å²) in [4.78, 5) is 3.84. The summed E-state index contributed by atoms with van der Waals surface area (Å²) in [5, 5.41) is 5.47. The van der Waals surface area contributed by atoms with Gasteiger partial charge in [0.2, 0.25) is 0 Å². The Balaban J connectivity index is 0.00000324. The molecule has 0 aromatic heterocycles. The highest BCUT2D eigenvalue weighted by Gasteiger charge is 2.15. The number of nitrogens with zero attached hydrogens (tertiary/aromatic N) is 1. The van der Waals surface area contributed by atoms with Crippen LogP contribution in [-0.4, -0.2) is 58.4 Å². The van der Waals surface area contributed by atoms with Gasteiger partial charge in [0, 0.05) is 26.8 Å². The van der Waals surface area contributed by atoms with Gasteiger partial charge >= 0.3 is 0 Å². The summed E-state index contributed by atoms with van der Waals surface area (Å²) < 4.78 is 34.7. The van der Waals surface area contributed by atoms with E-state index in [2.05, 4.69) is 15.6 Å². The number of aliphatic imine (C=N–C) groups is 1. The molecule has 1 rings (SSSR count). The summed E-state index contributed by atoms with van der Waals surface area (Å²) >= 11 is 0. The van der Waals surface area contributed by atoms with E-state index in [-0.39, 0.29) is 30.1 Å². The predicted octanol–water partition coefficient (Wildman–Crippen LogP) is 1.23. The molecule has 1 unspecified atom stereocenters. The van der Waals surface area contributed by atoms with Crippen LogP contribution in [0.2, 0.25) is 0 Å². The standard InChI is InChI=1S/C11H21F2N3O2.HI/c1-14-11(16-7-10(12)13)15-4-2-5-18-9-3-6-17-8-9;/h9-10H,2-8H2,1H3,(H2,14,15,16);1H. The SMILES string of the molecule is CN=C(NCCCOC1CCOC1)NCC(F)F.I. The molecule has 1 atom stereocenters. The fourth-order valence-electron chi connectivity index (χ4n) is 1.57. The molecule has 0 bridgehead atoms. The second-order valence-electron chi connectivity index (χ2n) is 3.98. The fourth-order valence-corrected chi connectivity index (χ4v) is 1.57. The van der Waals surface area contributed by atoms with Crippen molar-refractivity contribution in [3.05, 3.63) is 0 Å². The lowest BCUT2D eigenvalue weighted by molar-refractivity contribution is 0.0419. The molecular formula is C11H22F2IN3O2. The minimum absolute atomic E-state index is 0. The number of halogens is 3. The molecule has 1 heterocycles. The highest BCUT2D eigenvalue weighted by molar-refractivity contribution is 14.0. The Bertz CT molecular complexity index is 252. The van der Waals surface area contributed by atoms with Crippen molar-refractivity contribution in [1.82, 2.24) is 10.6 Å². The smallest absolute Gasteiger partial charge is 0.255 e. The normalized spacial score (nSPS) is 19.4. The van der Waals surface area contributed by atoms with Crippen LogP contribution in [0.15, 0.2) is 4.99 Å². The number of alkyl halides is 2. The number of nitrogens with one attached hydrogen (secondary N) is 2. The van der Waals surface area contributed by atoms with Crippen LogP contribution in [0.4, 0.5) is 8.78 Å². The third-order valence-corrected chi connectivity index (χ3v) is 2.50. The van der Waals surface area contributed by atoms with Gasteiger partial charge in [0.25, 0.3) is 6.43 Å². The van der Waals surface area contributed by atoms with Gasteiger partial charge in [-0.3, -0.25) is 4.99 Å². The lowest BCUT2D eigenvalue weighted by Crippen LogP contribution is -2.40. The molecule has 0 saturated carbocycles. The minimum Gasteiger partial charge on any atom is -0.379 e. The van der Waals surface area contributed by atoms with Gasteiger partial charge in [0.05, 0.1) is 19.3 Å². The van der Waals surface area contributed by atoms with Crippen molar-refractivity contribution >= 4 is 29.9 Å². The van der Waals surface area contributed by atoms with E-state index in [9.17, 15) is 8.78 Å². The first-order chi connectivity index (χ1) is 8.72. The van der Waals surface area contributed by atoms with Crippen molar-refractivity contribution < 1.29 is 18.3 Å². The van der Waals surface area contributed by atoms with Crippen LogP contribution in [0.5, 0.6) is 0 Å². The van der Waals surface area contributed by atoms with Crippen LogP contribution in [0.25, 0.3) is 0 Å². The first kappa shape index (κ1) is 18.8. The quantitative estimate of drug-likeness (QED) is 0.296. The molecule has 5 nitrogen and oxygen atoms in total. The van der Waals surface area contributed by atoms with Crippen LogP contribution in [0.1, 0.15) is 12.8 Å². The monoisotopic (exact) mass is 393 g/mol. The fraction of sp³-hybridized carbons (Fsp3) is 0.909. The minimum atomic E-state index is -2.38. The summed E-state index contributed by atoms with van der Waals surface area (Å²) in [5.74, 6) is 0.388. The third kappa shape index (κ3) is 9.33. The summed E-state index contributed by atoms with van der Waals surface area (Å²) in [6, 6.07) is 0.